The van der Waals surface area contributed by atoms with Crippen LogP contribution in [0.1, 0.15) is 17.8 Å². The largest absolute Gasteiger partial charge is 0.497 e. The minimum atomic E-state index is -0.506. The molecular weight excluding hydrogens is 473 g/mol. The van der Waals surface area contributed by atoms with Crippen LogP contribution in [0.15, 0.2) is 47.6 Å². The van der Waals surface area contributed by atoms with Crippen molar-refractivity contribution in [2.75, 3.05) is 7.11 Å². The second kappa shape index (κ2) is 9.81. The lowest BCUT2D eigenvalue weighted by Gasteiger charge is -2.23. The van der Waals surface area contributed by atoms with E-state index in [0.717, 1.165) is 17.0 Å². The Labute approximate surface area is 198 Å². The van der Waals surface area contributed by atoms with Gasteiger partial charge in [-0.1, -0.05) is 41.0 Å². The number of thioether (sulfide) groups is 1. The van der Waals surface area contributed by atoms with Crippen molar-refractivity contribution in [3.8, 4) is 11.4 Å². The summed E-state index contributed by atoms with van der Waals surface area (Å²) in [6.45, 7) is 0. The number of imide groups is 1. The van der Waals surface area contributed by atoms with E-state index >= 15 is 0 Å². The minimum absolute atomic E-state index is 0.171. The molecule has 2 N–H and O–H groups in total. The SMILES string of the molecule is COc1ccc(-n2c(CC3CC(=O)NC(=O)N3)nnc2SCc2ccc(Cl)cc2Cl)cc1. The van der Waals surface area contributed by atoms with Gasteiger partial charge in [0.15, 0.2) is 5.16 Å². The first-order valence-corrected chi connectivity index (χ1v) is 11.4. The first kappa shape index (κ1) is 22.4. The summed E-state index contributed by atoms with van der Waals surface area (Å²) in [5.41, 5.74) is 1.75. The molecule has 3 aromatic rings. The summed E-state index contributed by atoms with van der Waals surface area (Å²) in [6, 6.07) is 12.0. The van der Waals surface area contributed by atoms with Crippen LogP contribution in [0.25, 0.3) is 5.69 Å². The quantitative estimate of drug-likeness (QED) is 0.484. The number of urea groups is 1. The van der Waals surface area contributed by atoms with Crippen LogP contribution in [0.2, 0.25) is 10.0 Å². The van der Waals surface area contributed by atoms with E-state index in [-0.39, 0.29) is 18.4 Å². The summed E-state index contributed by atoms with van der Waals surface area (Å²) in [6.07, 6.45) is 0.518. The third-order valence-electron chi connectivity index (χ3n) is 4.85. The van der Waals surface area contributed by atoms with Crippen LogP contribution in [-0.2, 0) is 17.0 Å². The van der Waals surface area contributed by atoms with Crippen molar-refractivity contribution in [2.45, 2.75) is 29.8 Å². The van der Waals surface area contributed by atoms with E-state index in [1.807, 2.05) is 34.9 Å². The molecule has 1 saturated heterocycles. The number of nitrogens with zero attached hydrogens (tertiary/aromatic N) is 3. The van der Waals surface area contributed by atoms with E-state index in [2.05, 4.69) is 20.8 Å². The normalized spacial score (nSPS) is 15.9. The maximum atomic E-state index is 11.8. The third kappa shape index (κ3) is 5.17. The molecule has 1 fully saturated rings. The number of hydrogen-bond donors (Lipinski definition) is 2. The van der Waals surface area contributed by atoms with E-state index in [1.165, 1.54) is 11.8 Å². The molecule has 1 atom stereocenters. The Morgan fingerprint density at radius 3 is 2.62 bits per heavy atom. The summed E-state index contributed by atoms with van der Waals surface area (Å²) < 4.78 is 7.17. The highest BCUT2D eigenvalue weighted by molar-refractivity contribution is 7.98. The van der Waals surface area contributed by atoms with Gasteiger partial charge in [-0.25, -0.2) is 4.79 Å². The van der Waals surface area contributed by atoms with E-state index < -0.39 is 6.03 Å². The monoisotopic (exact) mass is 491 g/mol. The van der Waals surface area contributed by atoms with Crippen LogP contribution < -0.4 is 15.4 Å². The van der Waals surface area contributed by atoms with Crippen LogP contribution in [0, 0.1) is 0 Å². The number of amides is 3. The Bertz CT molecular complexity index is 1140. The average molecular weight is 492 g/mol. The molecule has 1 unspecified atom stereocenters. The highest BCUT2D eigenvalue weighted by Crippen LogP contribution is 2.30. The van der Waals surface area contributed by atoms with Crippen molar-refractivity contribution in [1.82, 2.24) is 25.4 Å². The number of halogens is 2. The Hall–Kier alpha value is -2.75. The third-order valence-corrected chi connectivity index (χ3v) is 6.42. The molecule has 1 aliphatic rings. The fourth-order valence-corrected chi connectivity index (χ4v) is 4.84. The van der Waals surface area contributed by atoms with Gasteiger partial charge in [0.1, 0.15) is 11.6 Å². The molecule has 11 heteroatoms. The van der Waals surface area contributed by atoms with Crippen LogP contribution >= 0.6 is 35.0 Å². The van der Waals surface area contributed by atoms with E-state index in [9.17, 15) is 9.59 Å². The first-order chi connectivity index (χ1) is 15.4. The van der Waals surface area contributed by atoms with Crippen molar-refractivity contribution >= 4 is 46.9 Å². The van der Waals surface area contributed by atoms with Gasteiger partial charge in [-0.2, -0.15) is 0 Å². The van der Waals surface area contributed by atoms with Gasteiger partial charge < -0.3 is 10.1 Å². The molecule has 4 rings (SSSR count). The molecule has 32 heavy (non-hydrogen) atoms. The molecule has 0 radical (unpaired) electrons. The van der Waals surface area contributed by atoms with Gasteiger partial charge in [0.05, 0.1) is 7.11 Å². The molecule has 0 spiro atoms. The maximum Gasteiger partial charge on any atom is 0.321 e. The molecule has 166 valence electrons. The number of nitrogens with one attached hydrogen (secondary N) is 2. The van der Waals surface area contributed by atoms with Gasteiger partial charge in [-0.3, -0.25) is 14.7 Å². The van der Waals surface area contributed by atoms with E-state index in [4.69, 9.17) is 27.9 Å². The lowest BCUT2D eigenvalue weighted by atomic mass is 10.1. The van der Waals surface area contributed by atoms with Crippen LogP contribution in [-0.4, -0.2) is 39.9 Å². The number of rotatable bonds is 7. The lowest BCUT2D eigenvalue weighted by Crippen LogP contribution is -2.53. The molecule has 2 heterocycles. The molecule has 0 bridgehead atoms. The zero-order chi connectivity index (χ0) is 22.7. The van der Waals surface area contributed by atoms with Crippen molar-refractivity contribution in [3.63, 3.8) is 0 Å². The maximum absolute atomic E-state index is 11.8. The number of methoxy groups -OCH3 is 1. The molecular formula is C21H19Cl2N5O3S. The number of ether oxygens (including phenoxy) is 1. The Balaban J connectivity index is 1.63. The standard InChI is InChI=1S/C21H19Cl2N5O3S/c1-31-16-6-4-15(5-7-16)28-18(9-14-10-19(29)25-20(30)24-14)26-27-21(28)32-11-12-2-3-13(22)8-17(12)23/h2-8,14H,9-11H2,1H3,(H2,24,25,29,30). The summed E-state index contributed by atoms with van der Waals surface area (Å²) in [4.78, 5) is 23.5. The lowest BCUT2D eigenvalue weighted by molar-refractivity contribution is -0.121. The first-order valence-electron chi connectivity index (χ1n) is 9.68. The zero-order valence-corrected chi connectivity index (χ0v) is 19.3. The van der Waals surface area contributed by atoms with Crippen LogP contribution in [0.5, 0.6) is 5.75 Å². The topological polar surface area (TPSA) is 98.1 Å². The van der Waals surface area contributed by atoms with Crippen LogP contribution in [0.3, 0.4) is 0 Å². The van der Waals surface area contributed by atoms with Gasteiger partial charge in [-0.05, 0) is 42.0 Å². The molecule has 0 aliphatic carbocycles. The van der Waals surface area contributed by atoms with E-state index in [0.29, 0.717) is 33.2 Å². The summed E-state index contributed by atoms with van der Waals surface area (Å²) in [5, 5.41) is 15.5. The number of hydrogen-bond acceptors (Lipinski definition) is 6. The molecule has 2 aromatic carbocycles. The smallest absolute Gasteiger partial charge is 0.321 e. The van der Waals surface area contributed by atoms with Gasteiger partial charge in [0, 0.05) is 40.4 Å². The number of carbonyl (C=O) groups excluding carboxylic acids is 2. The highest BCUT2D eigenvalue weighted by atomic mass is 35.5. The molecule has 0 saturated carbocycles. The predicted octanol–water partition coefficient (Wildman–Crippen LogP) is 4.02. The summed E-state index contributed by atoms with van der Waals surface area (Å²) in [7, 11) is 1.60. The fourth-order valence-electron chi connectivity index (χ4n) is 3.32. The molecule has 1 aromatic heterocycles. The fraction of sp³-hybridized carbons (Fsp3) is 0.238. The van der Waals surface area contributed by atoms with Crippen molar-refractivity contribution in [2.24, 2.45) is 0 Å². The minimum Gasteiger partial charge on any atom is -0.497 e. The Kier molecular flexibility index (Phi) is 6.88. The highest BCUT2D eigenvalue weighted by Gasteiger charge is 2.27. The van der Waals surface area contributed by atoms with Gasteiger partial charge in [-0.15, -0.1) is 10.2 Å². The summed E-state index contributed by atoms with van der Waals surface area (Å²) in [5.74, 6) is 1.59. The van der Waals surface area contributed by atoms with Gasteiger partial charge in [0.2, 0.25) is 5.91 Å². The number of aromatic nitrogens is 3. The average Bonchev–Trinajstić information content (AvgIpc) is 3.14. The number of benzene rings is 2. The van der Waals surface area contributed by atoms with Crippen molar-refractivity contribution in [1.29, 1.82) is 0 Å². The predicted molar refractivity (Wildman–Crippen MR) is 123 cm³/mol. The Morgan fingerprint density at radius 2 is 1.94 bits per heavy atom. The van der Waals surface area contributed by atoms with Gasteiger partial charge >= 0.3 is 6.03 Å². The Morgan fingerprint density at radius 1 is 1.16 bits per heavy atom. The summed E-state index contributed by atoms with van der Waals surface area (Å²) >= 11 is 13.8. The molecule has 3 amide bonds. The zero-order valence-electron chi connectivity index (χ0n) is 17.0. The van der Waals surface area contributed by atoms with Crippen LogP contribution in [0.4, 0.5) is 4.79 Å². The van der Waals surface area contributed by atoms with Crippen molar-refractivity contribution in [3.05, 3.63) is 63.9 Å². The molecule has 8 nitrogen and oxygen atoms in total. The second-order valence-electron chi connectivity index (χ2n) is 7.08. The second-order valence-corrected chi connectivity index (χ2v) is 8.87. The molecule has 1 aliphatic heterocycles. The van der Waals surface area contributed by atoms with Crippen molar-refractivity contribution < 1.29 is 14.3 Å². The van der Waals surface area contributed by atoms with E-state index in [1.54, 1.807) is 19.2 Å². The van der Waals surface area contributed by atoms with Gasteiger partial charge in [0.25, 0.3) is 0 Å². The number of carbonyl (C=O) groups is 2.